The van der Waals surface area contributed by atoms with E-state index in [4.69, 9.17) is 15.9 Å². The number of hydrogen-bond donors (Lipinski definition) is 4. The largest absolute Gasteiger partial charge is 0.469 e. The third kappa shape index (κ3) is 1.54. The number of guanidine groups is 1. The van der Waals surface area contributed by atoms with Crippen LogP contribution < -0.4 is 16.8 Å². The molecule has 0 fully saturated rings. The van der Waals surface area contributed by atoms with Crippen LogP contribution >= 0.6 is 0 Å². The highest BCUT2D eigenvalue weighted by Gasteiger charge is 2.37. The normalized spacial score (nSPS) is 22.8. The van der Waals surface area contributed by atoms with Crippen LogP contribution in [0.25, 0.3) is 0 Å². The molecule has 3 rings (SSSR count). The Kier molecular flexibility index (Phi) is 1.92. The predicted molar refractivity (Wildman–Crippen MR) is 59.9 cm³/mol. The van der Waals surface area contributed by atoms with E-state index < -0.39 is 5.66 Å². The van der Waals surface area contributed by atoms with E-state index in [2.05, 4.69) is 25.7 Å². The van der Waals surface area contributed by atoms with Gasteiger partial charge >= 0.3 is 0 Å². The summed E-state index contributed by atoms with van der Waals surface area (Å²) >= 11 is 0. The number of fused-ring (bicyclic) bond motifs is 1. The predicted octanol–water partition coefficient (Wildman–Crippen LogP) is -0.508. The van der Waals surface area contributed by atoms with Crippen molar-refractivity contribution in [1.82, 2.24) is 15.4 Å². The van der Waals surface area contributed by atoms with Gasteiger partial charge in [0.1, 0.15) is 11.5 Å². The molecule has 1 aliphatic rings. The molecule has 6 N–H and O–H groups in total. The maximum Gasteiger partial charge on any atom is 0.196 e. The van der Waals surface area contributed by atoms with Gasteiger partial charge in [-0.3, -0.25) is 0 Å². The van der Waals surface area contributed by atoms with Crippen LogP contribution in [-0.2, 0) is 12.1 Å². The fourth-order valence-corrected chi connectivity index (χ4v) is 1.84. The van der Waals surface area contributed by atoms with Gasteiger partial charge in [-0.1, -0.05) is 0 Å². The van der Waals surface area contributed by atoms with Crippen LogP contribution in [0.4, 0.5) is 5.82 Å². The van der Waals surface area contributed by atoms with Crippen molar-refractivity contribution in [2.45, 2.75) is 12.1 Å². The zero-order valence-electron chi connectivity index (χ0n) is 8.84. The number of aromatic amines is 1. The van der Waals surface area contributed by atoms with E-state index in [1.54, 1.807) is 12.3 Å². The lowest BCUT2D eigenvalue weighted by Crippen LogP contribution is -2.45. The summed E-state index contributed by atoms with van der Waals surface area (Å²) in [5, 5.41) is 13.2. The van der Waals surface area contributed by atoms with Crippen LogP contribution in [0, 0.1) is 0 Å². The number of nitrogens with two attached hydrogens (primary N) is 2. The maximum atomic E-state index is 6.21. The van der Waals surface area contributed by atoms with Gasteiger partial charge in [0.2, 0.25) is 0 Å². The second kappa shape index (κ2) is 3.32. The van der Waals surface area contributed by atoms with Crippen molar-refractivity contribution in [2.24, 2.45) is 16.5 Å². The number of hydrogen-bond acceptors (Lipinski definition) is 7. The molecule has 2 aromatic rings. The molecule has 0 amide bonds. The molecule has 0 saturated carbocycles. The Balaban J connectivity index is 2.02. The van der Waals surface area contributed by atoms with E-state index in [1.807, 2.05) is 6.07 Å². The number of nitrogens with one attached hydrogen (secondary N) is 2. The highest BCUT2D eigenvalue weighted by atomic mass is 16.3. The van der Waals surface area contributed by atoms with Crippen molar-refractivity contribution in [3.05, 3.63) is 29.9 Å². The second-order valence-corrected chi connectivity index (χ2v) is 3.82. The summed E-state index contributed by atoms with van der Waals surface area (Å²) < 4.78 is 5.26. The zero-order chi connectivity index (χ0) is 11.9. The van der Waals surface area contributed by atoms with Crippen LogP contribution in [0.5, 0.6) is 0 Å². The Morgan fingerprint density at radius 3 is 3.06 bits per heavy atom. The molecule has 0 saturated heterocycles. The summed E-state index contributed by atoms with van der Waals surface area (Å²) in [6, 6.07) is 3.61. The lowest BCUT2D eigenvalue weighted by atomic mass is 10.0. The van der Waals surface area contributed by atoms with E-state index in [9.17, 15) is 0 Å². The Morgan fingerprint density at radius 2 is 2.29 bits per heavy atom. The van der Waals surface area contributed by atoms with Gasteiger partial charge in [0.25, 0.3) is 0 Å². The summed E-state index contributed by atoms with van der Waals surface area (Å²) in [6.07, 6.45) is 1.94. The standard InChI is InChI=1S/C9H11N7O/c10-8-12-7-6(14-16-15-7)9(11,13-8)4-5-2-1-3-17-5/h1-3H,4,11H2,(H4,10,12,13,14,15,16). The van der Waals surface area contributed by atoms with Crippen LogP contribution in [0.1, 0.15) is 11.5 Å². The first kappa shape index (κ1) is 9.85. The first-order chi connectivity index (χ1) is 8.17. The highest BCUT2D eigenvalue weighted by molar-refractivity contribution is 5.94. The molecule has 0 radical (unpaired) electrons. The molecular weight excluding hydrogens is 222 g/mol. The van der Waals surface area contributed by atoms with E-state index in [0.29, 0.717) is 23.7 Å². The molecule has 8 heteroatoms. The summed E-state index contributed by atoms with van der Waals surface area (Å²) in [5.41, 5.74) is 11.3. The second-order valence-electron chi connectivity index (χ2n) is 3.82. The Hall–Kier alpha value is -2.35. The Labute approximate surface area is 96.1 Å². The first-order valence-corrected chi connectivity index (χ1v) is 5.02. The molecular formula is C9H11N7O. The SMILES string of the molecule is NC1=NC(N)(Cc2ccco2)c2n[nH]nc2N1. The minimum Gasteiger partial charge on any atom is -0.469 e. The Bertz CT molecular complexity index is 558. The summed E-state index contributed by atoms with van der Waals surface area (Å²) in [6.45, 7) is 0. The minimum absolute atomic E-state index is 0.209. The minimum atomic E-state index is -1.06. The van der Waals surface area contributed by atoms with Crippen molar-refractivity contribution in [1.29, 1.82) is 0 Å². The number of nitrogens with zero attached hydrogens (tertiary/aromatic N) is 3. The number of aliphatic imine (C=N–C) groups is 1. The molecule has 2 aromatic heterocycles. The third-order valence-corrected chi connectivity index (χ3v) is 2.55. The van der Waals surface area contributed by atoms with Crippen molar-refractivity contribution in [3.63, 3.8) is 0 Å². The average molecular weight is 233 g/mol. The topological polar surface area (TPSA) is 131 Å². The molecule has 8 nitrogen and oxygen atoms in total. The molecule has 0 aliphatic carbocycles. The van der Waals surface area contributed by atoms with Crippen molar-refractivity contribution < 1.29 is 4.42 Å². The van der Waals surface area contributed by atoms with Gasteiger partial charge in [0.05, 0.1) is 12.7 Å². The average Bonchev–Trinajstić information content (AvgIpc) is 2.87. The van der Waals surface area contributed by atoms with Crippen LogP contribution in [-0.4, -0.2) is 21.4 Å². The summed E-state index contributed by atoms with van der Waals surface area (Å²) in [4.78, 5) is 4.18. The quantitative estimate of drug-likeness (QED) is 0.552. The zero-order valence-corrected chi connectivity index (χ0v) is 8.84. The first-order valence-electron chi connectivity index (χ1n) is 5.02. The highest BCUT2D eigenvalue weighted by Crippen LogP contribution is 2.30. The molecule has 0 aromatic carbocycles. The van der Waals surface area contributed by atoms with Gasteiger partial charge in [-0.15, -0.1) is 5.10 Å². The smallest absolute Gasteiger partial charge is 0.196 e. The molecule has 1 atom stereocenters. The summed E-state index contributed by atoms with van der Waals surface area (Å²) in [5.74, 6) is 1.41. The lowest BCUT2D eigenvalue weighted by molar-refractivity contribution is 0.391. The van der Waals surface area contributed by atoms with Gasteiger partial charge in [-0.25, -0.2) is 4.99 Å². The number of furan rings is 1. The Morgan fingerprint density at radius 1 is 1.41 bits per heavy atom. The molecule has 17 heavy (non-hydrogen) atoms. The molecule has 0 bridgehead atoms. The summed E-state index contributed by atoms with van der Waals surface area (Å²) in [7, 11) is 0. The number of aromatic nitrogens is 3. The molecule has 1 aliphatic heterocycles. The fourth-order valence-electron chi connectivity index (χ4n) is 1.84. The maximum absolute atomic E-state index is 6.21. The van der Waals surface area contributed by atoms with Crippen LogP contribution in [0.3, 0.4) is 0 Å². The van der Waals surface area contributed by atoms with Crippen molar-refractivity contribution >= 4 is 11.8 Å². The number of anilines is 1. The molecule has 3 heterocycles. The fraction of sp³-hybridized carbons (Fsp3) is 0.222. The van der Waals surface area contributed by atoms with E-state index >= 15 is 0 Å². The van der Waals surface area contributed by atoms with Gasteiger partial charge in [-0.2, -0.15) is 10.3 Å². The van der Waals surface area contributed by atoms with Gasteiger partial charge in [-0.05, 0) is 12.1 Å². The molecule has 88 valence electrons. The number of rotatable bonds is 2. The van der Waals surface area contributed by atoms with Crippen molar-refractivity contribution in [3.8, 4) is 0 Å². The monoisotopic (exact) mass is 233 g/mol. The van der Waals surface area contributed by atoms with E-state index in [1.165, 1.54) is 0 Å². The van der Waals surface area contributed by atoms with Gasteiger partial charge < -0.3 is 21.2 Å². The van der Waals surface area contributed by atoms with Crippen LogP contribution in [0.2, 0.25) is 0 Å². The van der Waals surface area contributed by atoms with E-state index in [0.717, 1.165) is 0 Å². The molecule has 1 unspecified atom stereocenters. The van der Waals surface area contributed by atoms with E-state index in [-0.39, 0.29) is 5.96 Å². The van der Waals surface area contributed by atoms with Gasteiger partial charge in [0.15, 0.2) is 17.4 Å². The molecule has 0 spiro atoms. The lowest BCUT2D eigenvalue weighted by Gasteiger charge is -2.26. The van der Waals surface area contributed by atoms with Gasteiger partial charge in [0, 0.05) is 0 Å². The van der Waals surface area contributed by atoms with Crippen LogP contribution in [0.15, 0.2) is 27.8 Å². The number of H-pyrrole nitrogens is 1. The van der Waals surface area contributed by atoms with Crippen molar-refractivity contribution in [2.75, 3.05) is 5.32 Å². The third-order valence-electron chi connectivity index (χ3n) is 2.55.